The van der Waals surface area contributed by atoms with E-state index in [1.165, 1.54) is 12.3 Å². The van der Waals surface area contributed by atoms with Gasteiger partial charge >= 0.3 is 6.18 Å². The lowest BCUT2D eigenvalue weighted by Gasteiger charge is -2.15. The van der Waals surface area contributed by atoms with Crippen LogP contribution in [0.3, 0.4) is 0 Å². The minimum atomic E-state index is -4.76. The number of hydrogen-bond acceptors (Lipinski definition) is 3. The molecule has 1 aliphatic rings. The number of carbonyl (C=O) groups is 1. The van der Waals surface area contributed by atoms with E-state index in [-0.39, 0.29) is 17.7 Å². The van der Waals surface area contributed by atoms with Crippen molar-refractivity contribution in [2.75, 3.05) is 5.32 Å². The second-order valence-corrected chi connectivity index (χ2v) is 6.72. The van der Waals surface area contributed by atoms with Gasteiger partial charge in [-0.05, 0) is 30.5 Å². The van der Waals surface area contributed by atoms with E-state index < -0.39 is 29.3 Å². The Balaban J connectivity index is 1.78. The molecule has 27 heavy (non-hydrogen) atoms. The highest BCUT2D eigenvalue weighted by atomic mass is 19.4. The van der Waals surface area contributed by atoms with Crippen LogP contribution in [0.25, 0.3) is 11.3 Å². The summed E-state index contributed by atoms with van der Waals surface area (Å²) in [7, 11) is 0. The van der Waals surface area contributed by atoms with E-state index >= 15 is 0 Å². The van der Waals surface area contributed by atoms with Crippen molar-refractivity contribution >= 4 is 11.6 Å². The zero-order chi connectivity index (χ0) is 19.4. The Morgan fingerprint density at radius 1 is 1.19 bits per heavy atom. The summed E-state index contributed by atoms with van der Waals surface area (Å²) in [6.07, 6.45) is 2.70. The van der Waals surface area contributed by atoms with Crippen LogP contribution >= 0.6 is 0 Å². The van der Waals surface area contributed by atoms with Crippen LogP contribution in [0, 0.1) is 11.7 Å². The Labute approximate surface area is 154 Å². The molecule has 0 bridgehead atoms. The molecule has 0 radical (unpaired) electrons. The lowest BCUT2D eigenvalue weighted by molar-refractivity contribution is -0.140. The van der Waals surface area contributed by atoms with Crippen LogP contribution in [-0.2, 0) is 11.0 Å². The predicted molar refractivity (Wildman–Crippen MR) is 92.2 cm³/mol. The predicted octanol–water partition coefficient (Wildman–Crippen LogP) is 5.21. The van der Waals surface area contributed by atoms with Crippen molar-refractivity contribution in [3.05, 3.63) is 42.1 Å². The highest BCUT2D eigenvalue weighted by Crippen LogP contribution is 2.35. The first-order valence-electron chi connectivity index (χ1n) is 8.82. The highest BCUT2D eigenvalue weighted by molar-refractivity contribution is 5.91. The second-order valence-electron chi connectivity index (χ2n) is 6.72. The fourth-order valence-corrected chi connectivity index (χ4v) is 3.34. The number of alkyl halides is 3. The molecule has 1 amide bonds. The summed E-state index contributed by atoms with van der Waals surface area (Å²) >= 11 is 0. The molecular weight excluding hydrogens is 362 g/mol. The molecule has 2 aromatic heterocycles. The average molecular weight is 381 g/mol. The van der Waals surface area contributed by atoms with Gasteiger partial charge in [0.15, 0.2) is 5.69 Å². The first-order valence-corrected chi connectivity index (χ1v) is 8.82. The van der Waals surface area contributed by atoms with E-state index in [1.807, 2.05) is 0 Å². The van der Waals surface area contributed by atoms with E-state index in [1.54, 1.807) is 0 Å². The molecule has 3 rings (SSSR count). The van der Waals surface area contributed by atoms with Crippen LogP contribution in [-0.4, -0.2) is 15.9 Å². The van der Waals surface area contributed by atoms with Crippen molar-refractivity contribution in [3.63, 3.8) is 0 Å². The van der Waals surface area contributed by atoms with E-state index in [4.69, 9.17) is 0 Å². The van der Waals surface area contributed by atoms with Crippen molar-refractivity contribution in [3.8, 4) is 11.3 Å². The van der Waals surface area contributed by atoms with Gasteiger partial charge < -0.3 is 5.32 Å². The molecule has 1 aliphatic carbocycles. The molecule has 0 aliphatic heterocycles. The monoisotopic (exact) mass is 381 g/mol. The maximum absolute atomic E-state index is 13.4. The van der Waals surface area contributed by atoms with Gasteiger partial charge in [-0.2, -0.15) is 13.2 Å². The maximum Gasteiger partial charge on any atom is 0.435 e. The summed E-state index contributed by atoms with van der Waals surface area (Å²) in [4.78, 5) is 19.3. The van der Waals surface area contributed by atoms with Crippen LogP contribution in [0.1, 0.15) is 44.2 Å². The Hall–Kier alpha value is -2.51. The van der Waals surface area contributed by atoms with E-state index in [0.717, 1.165) is 44.0 Å². The smallest absolute Gasteiger partial charge is 0.324 e. The van der Waals surface area contributed by atoms with E-state index in [0.29, 0.717) is 12.3 Å². The first-order chi connectivity index (χ1) is 12.8. The molecule has 1 N–H and O–H groups in total. The number of amides is 1. The molecular formula is C19H19F4N3O. The van der Waals surface area contributed by atoms with Crippen LogP contribution in [0.15, 0.2) is 30.6 Å². The number of aromatic nitrogens is 2. The Kier molecular flexibility index (Phi) is 5.72. The third-order valence-electron chi connectivity index (χ3n) is 4.69. The van der Waals surface area contributed by atoms with Gasteiger partial charge in [-0.15, -0.1) is 0 Å². The van der Waals surface area contributed by atoms with Gasteiger partial charge in [0.2, 0.25) is 5.91 Å². The fraction of sp³-hybridized carbons (Fsp3) is 0.421. The van der Waals surface area contributed by atoms with Crippen molar-refractivity contribution in [2.24, 2.45) is 5.92 Å². The summed E-state index contributed by atoms with van der Waals surface area (Å²) in [5.41, 5.74) is -1.55. The van der Waals surface area contributed by atoms with Crippen LogP contribution in [0.5, 0.6) is 0 Å². The maximum atomic E-state index is 13.4. The SMILES string of the molecule is O=C(CCC1CCCC1)Nc1ccc(-c2cncc(F)c2)nc1C(F)(F)F. The number of nitrogens with zero attached hydrogens (tertiary/aromatic N) is 2. The molecule has 0 saturated heterocycles. The molecule has 144 valence electrons. The molecule has 0 atom stereocenters. The van der Waals surface area contributed by atoms with Crippen LogP contribution < -0.4 is 5.32 Å². The topological polar surface area (TPSA) is 54.9 Å². The first kappa shape index (κ1) is 19.3. The Bertz CT molecular complexity index is 817. The van der Waals surface area contributed by atoms with Crippen LogP contribution in [0.2, 0.25) is 0 Å². The van der Waals surface area contributed by atoms with Gasteiger partial charge in [0, 0.05) is 18.2 Å². The van der Waals surface area contributed by atoms with E-state index in [9.17, 15) is 22.4 Å². The average Bonchev–Trinajstić information content (AvgIpc) is 3.13. The lowest BCUT2D eigenvalue weighted by atomic mass is 10.0. The Morgan fingerprint density at radius 3 is 2.59 bits per heavy atom. The molecule has 0 unspecified atom stereocenters. The number of halogens is 4. The number of pyridine rings is 2. The summed E-state index contributed by atoms with van der Waals surface area (Å²) in [6, 6.07) is 3.50. The van der Waals surface area contributed by atoms with E-state index in [2.05, 4.69) is 15.3 Å². The molecule has 2 heterocycles. The van der Waals surface area contributed by atoms with Crippen molar-refractivity contribution < 1.29 is 22.4 Å². The zero-order valence-corrected chi connectivity index (χ0v) is 14.5. The number of hydrogen-bond donors (Lipinski definition) is 1. The van der Waals surface area contributed by atoms with Crippen LogP contribution in [0.4, 0.5) is 23.2 Å². The van der Waals surface area contributed by atoms with Crippen molar-refractivity contribution in [1.82, 2.24) is 9.97 Å². The normalized spacial score (nSPS) is 15.1. The molecule has 2 aromatic rings. The minimum absolute atomic E-state index is 0.0710. The van der Waals surface area contributed by atoms with Crippen molar-refractivity contribution in [2.45, 2.75) is 44.7 Å². The number of anilines is 1. The lowest BCUT2D eigenvalue weighted by Crippen LogP contribution is -2.18. The third-order valence-corrected chi connectivity index (χ3v) is 4.69. The van der Waals surface area contributed by atoms with Gasteiger partial charge in [-0.3, -0.25) is 9.78 Å². The standard InChI is InChI=1S/C19H19F4N3O/c20-14-9-13(10-24-11-14)15-6-7-16(18(26-15)19(21,22)23)25-17(27)8-5-12-3-1-2-4-12/h6-7,9-12H,1-5,8H2,(H,25,27). The second kappa shape index (κ2) is 8.02. The van der Waals surface area contributed by atoms with Crippen molar-refractivity contribution in [1.29, 1.82) is 0 Å². The van der Waals surface area contributed by atoms with Gasteiger partial charge in [-0.25, -0.2) is 9.37 Å². The highest BCUT2D eigenvalue weighted by Gasteiger charge is 2.36. The minimum Gasteiger partial charge on any atom is -0.324 e. The molecule has 1 fully saturated rings. The summed E-state index contributed by atoms with van der Waals surface area (Å²) in [5.74, 6) is -0.666. The molecule has 0 aromatic carbocycles. The molecule has 1 saturated carbocycles. The molecule has 4 nitrogen and oxygen atoms in total. The van der Waals surface area contributed by atoms with Gasteiger partial charge in [0.25, 0.3) is 0 Å². The summed E-state index contributed by atoms with van der Waals surface area (Å²) < 4.78 is 53.5. The van der Waals surface area contributed by atoms with Gasteiger partial charge in [-0.1, -0.05) is 25.7 Å². The zero-order valence-electron chi connectivity index (χ0n) is 14.5. The summed E-state index contributed by atoms with van der Waals surface area (Å²) in [6.45, 7) is 0. The Morgan fingerprint density at radius 2 is 1.93 bits per heavy atom. The largest absolute Gasteiger partial charge is 0.435 e. The van der Waals surface area contributed by atoms with Gasteiger partial charge in [0.05, 0.1) is 17.6 Å². The number of rotatable bonds is 5. The molecule has 0 spiro atoms. The quantitative estimate of drug-likeness (QED) is 0.724. The number of nitrogens with one attached hydrogen (secondary N) is 1. The molecule has 8 heteroatoms. The third kappa shape index (κ3) is 5.02. The fourth-order valence-electron chi connectivity index (χ4n) is 3.34. The summed E-state index contributed by atoms with van der Waals surface area (Å²) in [5, 5.41) is 2.32. The number of carbonyl (C=O) groups excluding carboxylic acids is 1. The van der Waals surface area contributed by atoms with Gasteiger partial charge in [0.1, 0.15) is 5.82 Å².